The number of rotatable bonds is 5. The first-order chi connectivity index (χ1) is 14.2. The first kappa shape index (κ1) is 19.7. The van der Waals surface area contributed by atoms with Crippen LogP contribution in [-0.4, -0.2) is 31.6 Å². The highest BCUT2D eigenvalue weighted by atomic mass is 19.4. The SMILES string of the molecule is Fc1ccc(-c2cnc3cnn(Cc4nnc(C(F)(F)F)o4)c3c2)cc1OC(F)F. The third kappa shape index (κ3) is 3.90. The molecule has 30 heavy (non-hydrogen) atoms. The van der Waals surface area contributed by atoms with Crippen molar-refractivity contribution in [1.82, 2.24) is 25.0 Å². The minimum absolute atomic E-state index is 0.263. The molecule has 0 spiro atoms. The molecule has 7 nitrogen and oxygen atoms in total. The number of ether oxygens (including phenoxy) is 1. The van der Waals surface area contributed by atoms with Crippen molar-refractivity contribution in [3.63, 3.8) is 0 Å². The van der Waals surface area contributed by atoms with Gasteiger partial charge in [0.25, 0.3) is 0 Å². The van der Waals surface area contributed by atoms with E-state index in [1.165, 1.54) is 23.1 Å². The molecule has 0 saturated carbocycles. The number of benzene rings is 1. The Balaban J connectivity index is 1.67. The summed E-state index contributed by atoms with van der Waals surface area (Å²) in [6.07, 6.45) is -1.99. The number of pyridine rings is 1. The third-order valence-electron chi connectivity index (χ3n) is 3.97. The summed E-state index contributed by atoms with van der Waals surface area (Å²) >= 11 is 0. The number of fused-ring (bicyclic) bond motifs is 1. The van der Waals surface area contributed by atoms with Crippen LogP contribution in [0.5, 0.6) is 5.75 Å². The molecule has 1 aromatic carbocycles. The molecule has 0 saturated heterocycles. The quantitative estimate of drug-likeness (QED) is 0.441. The van der Waals surface area contributed by atoms with Gasteiger partial charge in [0, 0.05) is 11.8 Å². The second-order valence-corrected chi connectivity index (χ2v) is 5.95. The maximum Gasteiger partial charge on any atom is 0.470 e. The number of aromatic nitrogens is 5. The number of halogens is 6. The summed E-state index contributed by atoms with van der Waals surface area (Å²) in [5.74, 6) is -3.41. The molecular formula is C17H9F6N5O2. The molecule has 0 aliphatic carbocycles. The van der Waals surface area contributed by atoms with Crippen LogP contribution in [0.25, 0.3) is 22.2 Å². The van der Waals surface area contributed by atoms with Crippen molar-refractivity contribution >= 4 is 11.0 Å². The van der Waals surface area contributed by atoms with Crippen LogP contribution in [0.1, 0.15) is 11.8 Å². The Morgan fingerprint density at radius 2 is 1.87 bits per heavy atom. The topological polar surface area (TPSA) is 78.9 Å². The molecule has 0 bridgehead atoms. The van der Waals surface area contributed by atoms with E-state index in [1.54, 1.807) is 6.07 Å². The fourth-order valence-corrected chi connectivity index (χ4v) is 2.67. The predicted octanol–water partition coefficient (Wildman–Crippen LogP) is 4.29. The van der Waals surface area contributed by atoms with Gasteiger partial charge in [0.2, 0.25) is 5.89 Å². The zero-order valence-electron chi connectivity index (χ0n) is 14.6. The second kappa shape index (κ2) is 7.31. The summed E-state index contributed by atoms with van der Waals surface area (Å²) in [6, 6.07) is 4.94. The minimum atomic E-state index is -4.77. The molecule has 3 heterocycles. The Labute approximate surface area is 162 Å². The third-order valence-corrected chi connectivity index (χ3v) is 3.97. The summed E-state index contributed by atoms with van der Waals surface area (Å²) in [5, 5.41) is 10.3. The lowest BCUT2D eigenvalue weighted by Crippen LogP contribution is -2.05. The molecule has 0 N–H and O–H groups in total. The first-order valence-corrected chi connectivity index (χ1v) is 8.16. The lowest BCUT2D eigenvalue weighted by molar-refractivity contribution is -0.157. The molecule has 0 aliphatic heterocycles. The lowest BCUT2D eigenvalue weighted by Gasteiger charge is -2.08. The summed E-state index contributed by atoms with van der Waals surface area (Å²) in [7, 11) is 0. The van der Waals surface area contributed by atoms with Crippen LogP contribution < -0.4 is 4.74 Å². The zero-order valence-corrected chi connectivity index (χ0v) is 14.6. The Morgan fingerprint density at radius 1 is 1.07 bits per heavy atom. The van der Waals surface area contributed by atoms with Gasteiger partial charge in [-0.25, -0.2) is 4.39 Å². The molecule has 0 radical (unpaired) electrons. The monoisotopic (exact) mass is 429 g/mol. The van der Waals surface area contributed by atoms with Gasteiger partial charge < -0.3 is 9.15 Å². The Bertz CT molecular complexity index is 1200. The lowest BCUT2D eigenvalue weighted by atomic mass is 10.1. The van der Waals surface area contributed by atoms with E-state index in [0.717, 1.165) is 12.1 Å². The number of nitrogens with zero attached hydrogens (tertiary/aromatic N) is 5. The maximum absolute atomic E-state index is 13.6. The Morgan fingerprint density at radius 3 is 2.57 bits per heavy atom. The largest absolute Gasteiger partial charge is 0.470 e. The molecular weight excluding hydrogens is 420 g/mol. The van der Waals surface area contributed by atoms with Crippen molar-refractivity contribution < 1.29 is 35.5 Å². The highest BCUT2D eigenvalue weighted by Gasteiger charge is 2.38. The average Bonchev–Trinajstić information content (AvgIpc) is 3.30. The smallest absolute Gasteiger partial charge is 0.432 e. The van der Waals surface area contributed by atoms with Crippen molar-refractivity contribution in [2.24, 2.45) is 0 Å². The molecule has 156 valence electrons. The number of alkyl halides is 5. The Hall–Kier alpha value is -3.64. The molecule has 0 amide bonds. The van der Waals surface area contributed by atoms with E-state index in [1.807, 2.05) is 0 Å². The second-order valence-electron chi connectivity index (χ2n) is 5.95. The van der Waals surface area contributed by atoms with Crippen LogP contribution in [0, 0.1) is 5.82 Å². The van der Waals surface area contributed by atoms with E-state index < -0.39 is 30.2 Å². The fourth-order valence-electron chi connectivity index (χ4n) is 2.67. The van der Waals surface area contributed by atoms with E-state index in [-0.39, 0.29) is 12.4 Å². The van der Waals surface area contributed by atoms with Gasteiger partial charge in [-0.3, -0.25) is 9.67 Å². The van der Waals surface area contributed by atoms with Crippen LogP contribution in [0.4, 0.5) is 26.3 Å². The van der Waals surface area contributed by atoms with Gasteiger partial charge in [-0.05, 0) is 23.8 Å². The van der Waals surface area contributed by atoms with Crippen molar-refractivity contribution in [3.05, 3.63) is 54.3 Å². The van der Waals surface area contributed by atoms with Crippen LogP contribution in [0.2, 0.25) is 0 Å². The molecule has 0 fully saturated rings. The van der Waals surface area contributed by atoms with E-state index >= 15 is 0 Å². The van der Waals surface area contributed by atoms with E-state index in [0.29, 0.717) is 22.2 Å². The highest BCUT2D eigenvalue weighted by molar-refractivity contribution is 5.80. The molecule has 4 aromatic rings. The fraction of sp³-hybridized carbons (Fsp3) is 0.176. The Kier molecular flexibility index (Phi) is 4.79. The van der Waals surface area contributed by atoms with Gasteiger partial charge in [0.1, 0.15) is 12.1 Å². The van der Waals surface area contributed by atoms with Gasteiger partial charge in [0.15, 0.2) is 11.6 Å². The van der Waals surface area contributed by atoms with E-state index in [2.05, 4.69) is 29.4 Å². The molecule has 13 heteroatoms. The van der Waals surface area contributed by atoms with Crippen LogP contribution in [0.15, 0.2) is 41.1 Å². The summed E-state index contributed by atoms with van der Waals surface area (Å²) < 4.78 is 86.3. The molecule has 3 aromatic heterocycles. The van der Waals surface area contributed by atoms with Crippen LogP contribution in [0.3, 0.4) is 0 Å². The molecule has 0 unspecified atom stereocenters. The standard InChI is InChI=1S/C17H9F6N5O2/c18-10-2-1-8(4-13(10)29-16(19)20)9-3-12-11(24-5-9)6-25-28(12)7-14-26-27-15(30-14)17(21,22)23/h1-6,16H,7H2. The average molecular weight is 429 g/mol. The zero-order chi connectivity index (χ0) is 21.5. The van der Waals surface area contributed by atoms with Crippen LogP contribution >= 0.6 is 0 Å². The van der Waals surface area contributed by atoms with Crippen LogP contribution in [-0.2, 0) is 12.7 Å². The van der Waals surface area contributed by atoms with Crippen molar-refractivity contribution in [2.45, 2.75) is 19.3 Å². The van der Waals surface area contributed by atoms with Crippen molar-refractivity contribution in [1.29, 1.82) is 0 Å². The van der Waals surface area contributed by atoms with Gasteiger partial charge >= 0.3 is 18.7 Å². The van der Waals surface area contributed by atoms with Gasteiger partial charge in [-0.15, -0.1) is 10.2 Å². The summed E-state index contributed by atoms with van der Waals surface area (Å²) in [5.41, 5.74) is 1.52. The van der Waals surface area contributed by atoms with Gasteiger partial charge in [0.05, 0.1) is 11.7 Å². The predicted molar refractivity (Wildman–Crippen MR) is 88.0 cm³/mol. The van der Waals surface area contributed by atoms with Gasteiger partial charge in [-0.2, -0.15) is 27.1 Å². The summed E-state index contributed by atoms with van der Waals surface area (Å²) in [4.78, 5) is 4.16. The molecule has 4 rings (SSSR count). The van der Waals surface area contributed by atoms with E-state index in [4.69, 9.17) is 0 Å². The number of hydrogen-bond acceptors (Lipinski definition) is 6. The normalized spacial score (nSPS) is 12.1. The van der Waals surface area contributed by atoms with Gasteiger partial charge in [-0.1, -0.05) is 6.07 Å². The first-order valence-electron chi connectivity index (χ1n) is 8.16. The molecule has 0 aliphatic rings. The summed E-state index contributed by atoms with van der Waals surface area (Å²) in [6.45, 7) is -3.46. The van der Waals surface area contributed by atoms with Crippen molar-refractivity contribution in [2.75, 3.05) is 0 Å². The van der Waals surface area contributed by atoms with Crippen molar-refractivity contribution in [3.8, 4) is 16.9 Å². The maximum atomic E-state index is 13.6. The van der Waals surface area contributed by atoms with E-state index in [9.17, 15) is 26.3 Å². The molecule has 0 atom stereocenters. The number of hydrogen-bond donors (Lipinski definition) is 0. The minimum Gasteiger partial charge on any atom is -0.432 e. The highest BCUT2D eigenvalue weighted by Crippen LogP contribution is 2.30.